The highest BCUT2D eigenvalue weighted by Gasteiger charge is 2.27. The maximum absolute atomic E-state index is 11.7. The number of hydrogen-bond acceptors (Lipinski definition) is 7. The van der Waals surface area contributed by atoms with Crippen molar-refractivity contribution in [3.63, 3.8) is 0 Å². The predicted octanol–water partition coefficient (Wildman–Crippen LogP) is -0.519. The summed E-state index contributed by atoms with van der Waals surface area (Å²) in [6, 6.07) is 4.98. The van der Waals surface area contributed by atoms with Crippen LogP contribution in [0.5, 0.6) is 0 Å². The fraction of sp³-hybridized carbons (Fsp3) is 0.429. The monoisotopic (exact) mass is 319 g/mol. The number of nitrogens with zero attached hydrogens (tertiary/aromatic N) is 3. The van der Waals surface area contributed by atoms with Crippen molar-refractivity contribution in [1.29, 1.82) is 5.26 Å². The number of benzene rings is 1. The molecule has 1 aliphatic heterocycles. The van der Waals surface area contributed by atoms with Crippen molar-refractivity contribution in [3.05, 3.63) is 33.9 Å². The zero-order valence-corrected chi connectivity index (χ0v) is 12.3. The Morgan fingerprint density at radius 1 is 1.65 bits per heavy atom. The Hall–Kier alpha value is -2.70. The van der Waals surface area contributed by atoms with Crippen LogP contribution in [0, 0.1) is 21.4 Å². The molecule has 0 saturated carbocycles. The van der Waals surface area contributed by atoms with Crippen LogP contribution in [0.3, 0.4) is 0 Å². The molecule has 1 fully saturated rings. The Kier molecular flexibility index (Phi) is 5.10. The number of nitro groups is 1. The number of nitriles is 1. The van der Waals surface area contributed by atoms with E-state index < -0.39 is 23.5 Å². The van der Waals surface area contributed by atoms with Gasteiger partial charge in [0.05, 0.1) is 22.8 Å². The Morgan fingerprint density at radius 2 is 2.39 bits per heavy atom. The Balaban J connectivity index is 2.09. The molecule has 0 bridgehead atoms. The first-order chi connectivity index (χ1) is 11.0. The molecular weight excluding hydrogens is 302 g/mol. The molecule has 23 heavy (non-hydrogen) atoms. The SMILES string of the molecule is N#Cc1cc([N+](=O)[O-])ccc1N1CC[C@H](NC(=O)[C@@H](N)CO)C1. The second kappa shape index (κ2) is 7.04. The molecule has 122 valence electrons. The third-order valence-electron chi connectivity index (χ3n) is 3.72. The van der Waals surface area contributed by atoms with Crippen LogP contribution >= 0.6 is 0 Å². The van der Waals surface area contributed by atoms with Crippen LogP contribution in [0.15, 0.2) is 18.2 Å². The van der Waals surface area contributed by atoms with Gasteiger partial charge in [-0.15, -0.1) is 0 Å². The van der Waals surface area contributed by atoms with Crippen LogP contribution in [0.1, 0.15) is 12.0 Å². The van der Waals surface area contributed by atoms with Gasteiger partial charge in [-0.3, -0.25) is 14.9 Å². The van der Waals surface area contributed by atoms with Crippen molar-refractivity contribution in [3.8, 4) is 6.07 Å². The Bertz CT molecular complexity index is 657. The van der Waals surface area contributed by atoms with Gasteiger partial charge in [-0.05, 0) is 12.5 Å². The first kappa shape index (κ1) is 16.7. The quantitative estimate of drug-likeness (QED) is 0.489. The number of aliphatic hydroxyl groups excluding tert-OH is 1. The fourth-order valence-electron chi connectivity index (χ4n) is 2.49. The van der Waals surface area contributed by atoms with Crippen LogP contribution in [0.25, 0.3) is 0 Å². The van der Waals surface area contributed by atoms with E-state index in [2.05, 4.69) is 5.32 Å². The van der Waals surface area contributed by atoms with Crippen molar-refractivity contribution >= 4 is 17.3 Å². The number of nitrogens with two attached hydrogens (primary N) is 1. The largest absolute Gasteiger partial charge is 0.394 e. The maximum atomic E-state index is 11.7. The molecule has 2 rings (SSSR count). The molecular formula is C14H17N5O4. The molecule has 0 radical (unpaired) electrons. The van der Waals surface area contributed by atoms with Crippen LogP contribution < -0.4 is 16.0 Å². The standard InChI is InChI=1S/C14H17N5O4/c15-6-9-5-11(19(22)23)1-2-13(9)18-4-3-10(7-18)17-14(21)12(16)8-20/h1-2,5,10,12,20H,3-4,7-8,16H2,(H,17,21)/t10-,12-/m0/s1. The summed E-state index contributed by atoms with van der Waals surface area (Å²) in [5.41, 5.74) is 6.13. The summed E-state index contributed by atoms with van der Waals surface area (Å²) >= 11 is 0. The molecule has 0 aromatic heterocycles. The van der Waals surface area contributed by atoms with E-state index in [9.17, 15) is 20.2 Å². The first-order valence-corrected chi connectivity index (χ1v) is 7.06. The molecule has 1 amide bonds. The molecule has 0 aliphatic carbocycles. The van der Waals surface area contributed by atoms with E-state index >= 15 is 0 Å². The van der Waals surface area contributed by atoms with Crippen LogP contribution in [0.2, 0.25) is 0 Å². The van der Waals surface area contributed by atoms with Gasteiger partial charge in [0.1, 0.15) is 12.1 Å². The van der Waals surface area contributed by atoms with Crippen molar-refractivity contribution in [2.75, 3.05) is 24.6 Å². The van der Waals surface area contributed by atoms with E-state index in [1.807, 2.05) is 11.0 Å². The lowest BCUT2D eigenvalue weighted by molar-refractivity contribution is -0.384. The second-order valence-corrected chi connectivity index (χ2v) is 5.30. The second-order valence-electron chi connectivity index (χ2n) is 5.30. The zero-order chi connectivity index (χ0) is 17.0. The van der Waals surface area contributed by atoms with Gasteiger partial charge in [0, 0.05) is 31.3 Å². The number of nitrogens with one attached hydrogen (secondary N) is 1. The van der Waals surface area contributed by atoms with Gasteiger partial charge in [0.2, 0.25) is 5.91 Å². The fourth-order valence-corrected chi connectivity index (χ4v) is 2.49. The van der Waals surface area contributed by atoms with Crippen molar-refractivity contribution in [2.45, 2.75) is 18.5 Å². The molecule has 9 nitrogen and oxygen atoms in total. The van der Waals surface area contributed by atoms with Crippen molar-refractivity contribution in [2.24, 2.45) is 5.73 Å². The smallest absolute Gasteiger partial charge is 0.270 e. The Labute approximate surface area is 132 Å². The summed E-state index contributed by atoms with van der Waals surface area (Å²) in [7, 11) is 0. The summed E-state index contributed by atoms with van der Waals surface area (Å²) in [4.78, 5) is 23.8. The van der Waals surface area contributed by atoms with E-state index in [1.165, 1.54) is 12.1 Å². The molecule has 1 aromatic carbocycles. The van der Waals surface area contributed by atoms with E-state index in [4.69, 9.17) is 10.8 Å². The number of nitro benzene ring substituents is 1. The number of aliphatic hydroxyl groups is 1. The summed E-state index contributed by atoms with van der Waals surface area (Å²) in [5, 5.41) is 31.6. The molecule has 1 heterocycles. The highest BCUT2D eigenvalue weighted by Crippen LogP contribution is 2.27. The molecule has 9 heteroatoms. The number of anilines is 1. The van der Waals surface area contributed by atoms with Gasteiger partial charge in [-0.2, -0.15) is 5.26 Å². The summed E-state index contributed by atoms with van der Waals surface area (Å²) in [5.74, 6) is -0.427. The normalized spacial score (nSPS) is 18.3. The number of amides is 1. The molecule has 0 spiro atoms. The number of non-ortho nitro benzene ring substituents is 1. The predicted molar refractivity (Wildman–Crippen MR) is 81.6 cm³/mol. The topological polar surface area (TPSA) is 146 Å². The highest BCUT2D eigenvalue weighted by molar-refractivity contribution is 5.82. The summed E-state index contributed by atoms with van der Waals surface area (Å²) in [6.07, 6.45) is 0.658. The Morgan fingerprint density at radius 3 is 3.00 bits per heavy atom. The summed E-state index contributed by atoms with van der Waals surface area (Å²) < 4.78 is 0. The van der Waals surface area contributed by atoms with E-state index in [0.717, 1.165) is 0 Å². The van der Waals surface area contributed by atoms with Crippen molar-refractivity contribution in [1.82, 2.24) is 5.32 Å². The average Bonchev–Trinajstić information content (AvgIpc) is 3.01. The first-order valence-electron chi connectivity index (χ1n) is 7.06. The van der Waals surface area contributed by atoms with E-state index in [1.54, 1.807) is 6.07 Å². The molecule has 4 N–H and O–H groups in total. The molecule has 1 saturated heterocycles. The third-order valence-corrected chi connectivity index (χ3v) is 3.72. The van der Waals surface area contributed by atoms with E-state index in [-0.39, 0.29) is 17.3 Å². The molecule has 1 aliphatic rings. The number of hydrogen-bond donors (Lipinski definition) is 3. The van der Waals surface area contributed by atoms with Gasteiger partial charge in [0.15, 0.2) is 0 Å². The van der Waals surface area contributed by atoms with Crippen LogP contribution in [-0.2, 0) is 4.79 Å². The minimum atomic E-state index is -0.960. The van der Waals surface area contributed by atoms with Gasteiger partial charge in [0.25, 0.3) is 5.69 Å². The molecule has 1 aromatic rings. The lowest BCUT2D eigenvalue weighted by atomic mass is 10.1. The van der Waals surface area contributed by atoms with Gasteiger partial charge in [-0.1, -0.05) is 0 Å². The number of rotatable bonds is 5. The number of carbonyl (C=O) groups excluding carboxylic acids is 1. The number of carbonyl (C=O) groups is 1. The zero-order valence-electron chi connectivity index (χ0n) is 12.3. The minimum Gasteiger partial charge on any atom is -0.394 e. The average molecular weight is 319 g/mol. The van der Waals surface area contributed by atoms with Gasteiger partial charge in [-0.25, -0.2) is 0 Å². The summed E-state index contributed by atoms with van der Waals surface area (Å²) in [6.45, 7) is 0.644. The van der Waals surface area contributed by atoms with Crippen molar-refractivity contribution < 1.29 is 14.8 Å². The lowest BCUT2D eigenvalue weighted by Crippen LogP contribution is -2.47. The van der Waals surface area contributed by atoms with Gasteiger partial charge < -0.3 is 21.1 Å². The molecule has 2 atom stereocenters. The van der Waals surface area contributed by atoms with Crippen LogP contribution in [0.4, 0.5) is 11.4 Å². The van der Waals surface area contributed by atoms with Gasteiger partial charge >= 0.3 is 0 Å². The third kappa shape index (κ3) is 3.74. The minimum absolute atomic E-state index is 0.136. The highest BCUT2D eigenvalue weighted by atomic mass is 16.6. The van der Waals surface area contributed by atoms with E-state index in [0.29, 0.717) is 25.2 Å². The van der Waals surface area contributed by atoms with Crippen LogP contribution in [-0.4, -0.2) is 47.7 Å². The lowest BCUT2D eigenvalue weighted by Gasteiger charge is -2.20. The molecule has 0 unspecified atom stereocenters. The maximum Gasteiger partial charge on any atom is 0.270 e.